The highest BCUT2D eigenvalue weighted by atomic mass is 16.4. The minimum Gasteiger partial charge on any atom is -0.481 e. The number of hydrogen-bond donors (Lipinski definition) is 1. The monoisotopic (exact) mass is 259 g/mol. The fourth-order valence-corrected chi connectivity index (χ4v) is 3.96. The van der Waals surface area contributed by atoms with E-state index in [1.165, 1.54) is 11.1 Å². The second-order valence-corrected chi connectivity index (χ2v) is 6.08. The van der Waals surface area contributed by atoms with Crippen molar-refractivity contribution in [3.63, 3.8) is 0 Å². The first-order valence-electron chi connectivity index (χ1n) is 7.09. The van der Waals surface area contributed by atoms with E-state index in [0.717, 1.165) is 19.3 Å². The molecule has 0 aliphatic carbocycles. The third-order valence-electron chi connectivity index (χ3n) is 5.06. The molecule has 2 aliphatic heterocycles. The number of carbonyl (C=O) groups is 1. The lowest BCUT2D eigenvalue weighted by Crippen LogP contribution is -2.48. The van der Waals surface area contributed by atoms with Crippen molar-refractivity contribution in [2.24, 2.45) is 5.92 Å². The van der Waals surface area contributed by atoms with Gasteiger partial charge in [0.1, 0.15) is 0 Å². The molecule has 4 atom stereocenters. The van der Waals surface area contributed by atoms with Crippen molar-refractivity contribution in [3.05, 3.63) is 35.4 Å². The second kappa shape index (κ2) is 4.64. The molecule has 2 saturated heterocycles. The van der Waals surface area contributed by atoms with Crippen molar-refractivity contribution in [1.29, 1.82) is 0 Å². The van der Waals surface area contributed by atoms with Gasteiger partial charge in [0.25, 0.3) is 0 Å². The Bertz CT molecular complexity index is 482. The number of rotatable bonds is 2. The van der Waals surface area contributed by atoms with Crippen LogP contribution in [0.25, 0.3) is 0 Å². The lowest BCUT2D eigenvalue weighted by molar-refractivity contribution is -0.146. The van der Waals surface area contributed by atoms with Crippen LogP contribution in [0.1, 0.15) is 36.3 Å². The molecule has 2 heterocycles. The van der Waals surface area contributed by atoms with E-state index in [4.69, 9.17) is 0 Å². The van der Waals surface area contributed by atoms with Gasteiger partial charge in [-0.25, -0.2) is 0 Å². The SMILES string of the molecule is Cc1ccc([C@H]2C[C@@H]3CC[C@H]([C@@H]2C(=O)O)N3C)cc1. The van der Waals surface area contributed by atoms with Crippen molar-refractivity contribution in [1.82, 2.24) is 4.90 Å². The van der Waals surface area contributed by atoms with Crippen molar-refractivity contribution in [2.75, 3.05) is 7.05 Å². The van der Waals surface area contributed by atoms with Gasteiger partial charge >= 0.3 is 5.97 Å². The van der Waals surface area contributed by atoms with E-state index in [1.54, 1.807) is 0 Å². The highest BCUT2D eigenvalue weighted by Crippen LogP contribution is 2.46. The standard InChI is InChI=1S/C16H21NO2/c1-10-3-5-11(6-4-10)13-9-12-7-8-14(17(12)2)15(13)16(18)19/h3-6,12-15H,7-9H2,1-2H3,(H,18,19)/t12-,13+,14+,15+/m0/s1. The topological polar surface area (TPSA) is 40.5 Å². The summed E-state index contributed by atoms with van der Waals surface area (Å²) in [5.41, 5.74) is 2.43. The molecule has 0 amide bonds. The maximum absolute atomic E-state index is 11.7. The zero-order valence-electron chi connectivity index (χ0n) is 11.5. The van der Waals surface area contributed by atoms with E-state index < -0.39 is 5.97 Å². The van der Waals surface area contributed by atoms with Gasteiger partial charge in [-0.05, 0) is 38.8 Å². The summed E-state index contributed by atoms with van der Waals surface area (Å²) in [6.45, 7) is 2.07. The predicted molar refractivity (Wildman–Crippen MR) is 74.2 cm³/mol. The lowest BCUT2D eigenvalue weighted by atomic mass is 9.76. The van der Waals surface area contributed by atoms with Gasteiger partial charge in [-0.2, -0.15) is 0 Å². The van der Waals surface area contributed by atoms with Crippen LogP contribution >= 0.6 is 0 Å². The summed E-state index contributed by atoms with van der Waals surface area (Å²) < 4.78 is 0. The van der Waals surface area contributed by atoms with Crippen molar-refractivity contribution >= 4 is 5.97 Å². The zero-order chi connectivity index (χ0) is 13.6. The molecule has 0 saturated carbocycles. The van der Waals surface area contributed by atoms with Crippen LogP contribution < -0.4 is 0 Å². The van der Waals surface area contributed by atoms with Gasteiger partial charge in [-0.3, -0.25) is 9.69 Å². The van der Waals surface area contributed by atoms with Crippen molar-refractivity contribution in [2.45, 2.75) is 44.2 Å². The number of nitrogens with zero attached hydrogens (tertiary/aromatic N) is 1. The Hall–Kier alpha value is -1.35. The predicted octanol–water partition coefficient (Wildman–Crippen LogP) is 2.65. The molecule has 1 aromatic carbocycles. The smallest absolute Gasteiger partial charge is 0.308 e. The summed E-state index contributed by atoms with van der Waals surface area (Å²) in [4.78, 5) is 14.0. The number of benzene rings is 1. The second-order valence-electron chi connectivity index (χ2n) is 6.08. The Morgan fingerprint density at radius 1 is 1.26 bits per heavy atom. The van der Waals surface area contributed by atoms with Crippen molar-refractivity contribution < 1.29 is 9.90 Å². The first kappa shape index (κ1) is 12.7. The fourth-order valence-electron chi connectivity index (χ4n) is 3.96. The highest BCUT2D eigenvalue weighted by molar-refractivity contribution is 5.73. The average molecular weight is 259 g/mol. The van der Waals surface area contributed by atoms with Crippen LogP contribution in [0.2, 0.25) is 0 Å². The normalized spacial score (nSPS) is 34.4. The largest absolute Gasteiger partial charge is 0.481 e. The molecule has 19 heavy (non-hydrogen) atoms. The lowest BCUT2D eigenvalue weighted by Gasteiger charge is -2.41. The average Bonchev–Trinajstić information content (AvgIpc) is 2.63. The number of fused-ring (bicyclic) bond motifs is 2. The van der Waals surface area contributed by atoms with Gasteiger partial charge in [-0.1, -0.05) is 29.8 Å². The van der Waals surface area contributed by atoms with Gasteiger partial charge in [0.05, 0.1) is 5.92 Å². The van der Waals surface area contributed by atoms with Crippen LogP contribution in [0.3, 0.4) is 0 Å². The maximum atomic E-state index is 11.7. The molecular weight excluding hydrogens is 238 g/mol. The third-order valence-corrected chi connectivity index (χ3v) is 5.06. The van der Waals surface area contributed by atoms with E-state index in [9.17, 15) is 9.90 Å². The van der Waals surface area contributed by atoms with Crippen molar-refractivity contribution in [3.8, 4) is 0 Å². The molecular formula is C16H21NO2. The van der Waals surface area contributed by atoms with Gasteiger partial charge in [-0.15, -0.1) is 0 Å². The molecule has 2 fully saturated rings. The van der Waals surface area contributed by atoms with Crippen LogP contribution in [0.5, 0.6) is 0 Å². The van der Waals surface area contributed by atoms with Crippen LogP contribution in [-0.4, -0.2) is 35.1 Å². The molecule has 0 radical (unpaired) electrons. The minimum absolute atomic E-state index is 0.173. The Morgan fingerprint density at radius 3 is 2.58 bits per heavy atom. The Kier molecular flexibility index (Phi) is 3.09. The molecule has 1 N–H and O–H groups in total. The molecule has 2 bridgehead atoms. The Labute approximate surface area is 114 Å². The summed E-state index contributed by atoms with van der Waals surface area (Å²) in [5, 5.41) is 9.64. The van der Waals surface area contributed by atoms with E-state index in [0.29, 0.717) is 6.04 Å². The van der Waals surface area contributed by atoms with Crippen LogP contribution in [0.4, 0.5) is 0 Å². The maximum Gasteiger partial charge on any atom is 0.308 e. The van der Waals surface area contributed by atoms with E-state index >= 15 is 0 Å². The zero-order valence-corrected chi connectivity index (χ0v) is 11.5. The van der Waals surface area contributed by atoms with E-state index in [-0.39, 0.29) is 17.9 Å². The fraction of sp³-hybridized carbons (Fsp3) is 0.562. The van der Waals surface area contributed by atoms with Gasteiger partial charge in [0, 0.05) is 18.0 Å². The van der Waals surface area contributed by atoms with Crippen LogP contribution in [-0.2, 0) is 4.79 Å². The molecule has 0 unspecified atom stereocenters. The molecule has 0 aromatic heterocycles. The molecule has 3 rings (SSSR count). The van der Waals surface area contributed by atoms with E-state index in [1.807, 2.05) is 0 Å². The first-order valence-corrected chi connectivity index (χ1v) is 7.09. The quantitative estimate of drug-likeness (QED) is 0.887. The number of piperidine rings is 1. The van der Waals surface area contributed by atoms with Gasteiger partial charge in [0.15, 0.2) is 0 Å². The highest BCUT2D eigenvalue weighted by Gasteiger charge is 2.49. The molecule has 0 spiro atoms. The number of carboxylic acids is 1. The summed E-state index contributed by atoms with van der Waals surface area (Å²) in [6, 6.07) is 9.18. The van der Waals surface area contributed by atoms with Gasteiger partial charge < -0.3 is 5.11 Å². The van der Waals surface area contributed by atoms with Crippen LogP contribution in [0.15, 0.2) is 24.3 Å². The summed E-state index contributed by atoms with van der Waals surface area (Å²) >= 11 is 0. The molecule has 2 aliphatic rings. The summed E-state index contributed by atoms with van der Waals surface area (Å²) in [6.07, 6.45) is 3.15. The molecule has 102 valence electrons. The Morgan fingerprint density at radius 2 is 1.95 bits per heavy atom. The first-order chi connectivity index (χ1) is 9.08. The number of hydrogen-bond acceptors (Lipinski definition) is 2. The number of aryl methyl sites for hydroxylation is 1. The Balaban J connectivity index is 1.95. The summed E-state index contributed by atoms with van der Waals surface area (Å²) in [5.74, 6) is -0.721. The number of aliphatic carboxylic acids is 1. The van der Waals surface area contributed by atoms with Crippen LogP contribution in [0, 0.1) is 12.8 Å². The molecule has 3 nitrogen and oxygen atoms in total. The summed E-state index contributed by atoms with van der Waals surface area (Å²) in [7, 11) is 2.09. The van der Waals surface area contributed by atoms with Gasteiger partial charge in [0.2, 0.25) is 0 Å². The number of carboxylic acid groups (broad SMARTS) is 1. The molecule has 1 aromatic rings. The third kappa shape index (κ3) is 2.06. The minimum atomic E-state index is -0.636. The molecule has 3 heteroatoms. The van der Waals surface area contributed by atoms with E-state index in [2.05, 4.69) is 43.1 Å².